The molecule has 1 aliphatic rings. The Morgan fingerprint density at radius 3 is 3.14 bits per heavy atom. The van der Waals surface area contributed by atoms with E-state index in [0.29, 0.717) is 6.54 Å². The summed E-state index contributed by atoms with van der Waals surface area (Å²) in [6, 6.07) is 5.80. The predicted molar refractivity (Wildman–Crippen MR) is 59.2 cm³/mol. The number of anilines is 2. The molecule has 0 saturated carbocycles. The number of fused-ring (bicyclic) bond motifs is 1. The lowest BCUT2D eigenvalue weighted by atomic mass is 10.2. The molecule has 0 aliphatic carbocycles. The maximum atomic E-state index is 8.93. The molecular weight excluding hydrogens is 200 g/mol. The molecule has 76 valence electrons. The van der Waals surface area contributed by atoms with Crippen molar-refractivity contribution < 1.29 is 5.11 Å². The van der Waals surface area contributed by atoms with E-state index in [2.05, 4.69) is 10.2 Å². The minimum absolute atomic E-state index is 0.157. The molecule has 0 unspecified atom stereocenters. The number of hydrogen-bond acceptors (Lipinski definition) is 3. The molecule has 0 amide bonds. The summed E-state index contributed by atoms with van der Waals surface area (Å²) in [5.41, 5.74) is 2.06. The molecule has 0 atom stereocenters. The number of aliphatic hydroxyl groups excluding tert-OH is 1. The number of rotatable bonds is 2. The Labute approximate surface area is 88.3 Å². The number of para-hydroxylation sites is 1. The molecule has 1 aromatic carbocycles. The van der Waals surface area contributed by atoms with E-state index in [9.17, 15) is 0 Å². The van der Waals surface area contributed by atoms with Crippen molar-refractivity contribution in [1.29, 1.82) is 0 Å². The zero-order valence-electron chi connectivity index (χ0n) is 7.83. The van der Waals surface area contributed by atoms with Gasteiger partial charge in [0.2, 0.25) is 0 Å². The van der Waals surface area contributed by atoms with Crippen LogP contribution in [0, 0.1) is 0 Å². The summed E-state index contributed by atoms with van der Waals surface area (Å²) >= 11 is 6.11. The smallest absolute Gasteiger partial charge is 0.0792 e. The molecule has 14 heavy (non-hydrogen) atoms. The van der Waals surface area contributed by atoms with Crippen molar-refractivity contribution in [3.05, 3.63) is 23.2 Å². The molecule has 1 heterocycles. The molecule has 1 aliphatic heterocycles. The van der Waals surface area contributed by atoms with Gasteiger partial charge in [-0.3, -0.25) is 0 Å². The third-order valence-corrected chi connectivity index (χ3v) is 2.68. The SMILES string of the molecule is OCCN1CCNc2cccc(Cl)c21. The normalized spacial score (nSPS) is 14.9. The van der Waals surface area contributed by atoms with Gasteiger partial charge >= 0.3 is 0 Å². The second kappa shape index (κ2) is 4.07. The van der Waals surface area contributed by atoms with Crippen LogP contribution >= 0.6 is 11.6 Å². The Bertz CT molecular complexity index is 330. The lowest BCUT2D eigenvalue weighted by Crippen LogP contribution is -2.36. The average Bonchev–Trinajstić information content (AvgIpc) is 2.19. The van der Waals surface area contributed by atoms with E-state index in [4.69, 9.17) is 16.7 Å². The molecule has 0 bridgehead atoms. The van der Waals surface area contributed by atoms with Crippen LogP contribution in [-0.2, 0) is 0 Å². The number of nitrogens with zero attached hydrogens (tertiary/aromatic N) is 1. The van der Waals surface area contributed by atoms with Gasteiger partial charge in [-0.15, -0.1) is 0 Å². The number of benzene rings is 1. The Balaban J connectivity index is 2.36. The van der Waals surface area contributed by atoms with E-state index in [0.717, 1.165) is 29.5 Å². The van der Waals surface area contributed by atoms with Crippen LogP contribution in [0.25, 0.3) is 0 Å². The highest BCUT2D eigenvalue weighted by Crippen LogP contribution is 2.35. The largest absolute Gasteiger partial charge is 0.395 e. The Hall–Kier alpha value is -0.930. The Morgan fingerprint density at radius 2 is 2.36 bits per heavy atom. The van der Waals surface area contributed by atoms with Crippen molar-refractivity contribution in [2.24, 2.45) is 0 Å². The van der Waals surface area contributed by atoms with E-state index in [1.54, 1.807) is 0 Å². The first-order chi connectivity index (χ1) is 6.83. The van der Waals surface area contributed by atoms with Crippen molar-refractivity contribution in [2.45, 2.75) is 0 Å². The zero-order valence-corrected chi connectivity index (χ0v) is 8.59. The maximum absolute atomic E-state index is 8.93. The van der Waals surface area contributed by atoms with Gasteiger partial charge in [0, 0.05) is 19.6 Å². The van der Waals surface area contributed by atoms with Crippen LogP contribution in [0.15, 0.2) is 18.2 Å². The first kappa shape index (κ1) is 9.62. The Morgan fingerprint density at radius 1 is 1.50 bits per heavy atom. The van der Waals surface area contributed by atoms with Crippen molar-refractivity contribution in [1.82, 2.24) is 0 Å². The third-order valence-electron chi connectivity index (χ3n) is 2.37. The summed E-state index contributed by atoms with van der Waals surface area (Å²) in [4.78, 5) is 2.11. The Kier molecular flexibility index (Phi) is 2.79. The number of aliphatic hydroxyl groups is 1. The second-order valence-electron chi connectivity index (χ2n) is 3.27. The summed E-state index contributed by atoms with van der Waals surface area (Å²) in [6.45, 7) is 2.58. The van der Waals surface area contributed by atoms with Crippen LogP contribution in [0.4, 0.5) is 11.4 Å². The van der Waals surface area contributed by atoms with Gasteiger partial charge in [0.15, 0.2) is 0 Å². The van der Waals surface area contributed by atoms with Gasteiger partial charge in [-0.25, -0.2) is 0 Å². The molecule has 0 aromatic heterocycles. The molecule has 0 fully saturated rings. The molecule has 0 radical (unpaired) electrons. The van der Waals surface area contributed by atoms with Gasteiger partial charge in [-0.05, 0) is 12.1 Å². The average molecular weight is 213 g/mol. The molecule has 0 spiro atoms. The highest BCUT2D eigenvalue weighted by Gasteiger charge is 2.18. The highest BCUT2D eigenvalue weighted by molar-refractivity contribution is 6.34. The summed E-state index contributed by atoms with van der Waals surface area (Å²) in [7, 11) is 0. The van der Waals surface area contributed by atoms with Crippen molar-refractivity contribution in [2.75, 3.05) is 36.5 Å². The fourth-order valence-corrected chi connectivity index (χ4v) is 2.06. The number of β-amino-alcohol motifs (C(OH)–C–C–N with tert-alkyl or cyclic N) is 1. The van der Waals surface area contributed by atoms with Crippen LogP contribution < -0.4 is 10.2 Å². The minimum Gasteiger partial charge on any atom is -0.395 e. The van der Waals surface area contributed by atoms with Crippen molar-refractivity contribution >= 4 is 23.0 Å². The molecule has 3 nitrogen and oxygen atoms in total. The molecule has 2 rings (SSSR count). The number of nitrogens with one attached hydrogen (secondary N) is 1. The van der Waals surface area contributed by atoms with E-state index < -0.39 is 0 Å². The van der Waals surface area contributed by atoms with Crippen LogP contribution in [0.2, 0.25) is 5.02 Å². The van der Waals surface area contributed by atoms with E-state index in [-0.39, 0.29) is 6.61 Å². The van der Waals surface area contributed by atoms with Crippen LogP contribution in [0.3, 0.4) is 0 Å². The fraction of sp³-hybridized carbons (Fsp3) is 0.400. The number of hydrogen-bond donors (Lipinski definition) is 2. The van der Waals surface area contributed by atoms with E-state index >= 15 is 0 Å². The zero-order chi connectivity index (χ0) is 9.97. The van der Waals surface area contributed by atoms with Crippen LogP contribution in [0.5, 0.6) is 0 Å². The van der Waals surface area contributed by atoms with Gasteiger partial charge in [-0.2, -0.15) is 0 Å². The van der Waals surface area contributed by atoms with Crippen LogP contribution in [0.1, 0.15) is 0 Å². The van der Waals surface area contributed by atoms with E-state index in [1.165, 1.54) is 0 Å². The summed E-state index contributed by atoms with van der Waals surface area (Å²) in [5, 5.41) is 13.0. The topological polar surface area (TPSA) is 35.5 Å². The third kappa shape index (κ3) is 1.65. The monoisotopic (exact) mass is 212 g/mol. The first-order valence-corrected chi connectivity index (χ1v) is 5.09. The molecular formula is C10H13ClN2O. The quantitative estimate of drug-likeness (QED) is 0.781. The summed E-state index contributed by atoms with van der Waals surface area (Å²) < 4.78 is 0. The lowest BCUT2D eigenvalue weighted by molar-refractivity contribution is 0.302. The molecule has 0 saturated heterocycles. The minimum atomic E-state index is 0.157. The van der Waals surface area contributed by atoms with Gasteiger partial charge < -0.3 is 15.3 Å². The summed E-state index contributed by atoms with van der Waals surface area (Å²) in [5.74, 6) is 0. The molecule has 4 heteroatoms. The first-order valence-electron chi connectivity index (χ1n) is 4.71. The summed E-state index contributed by atoms with van der Waals surface area (Å²) in [6.07, 6.45) is 0. The van der Waals surface area contributed by atoms with E-state index in [1.807, 2.05) is 18.2 Å². The number of halogens is 1. The molecule has 2 N–H and O–H groups in total. The highest BCUT2D eigenvalue weighted by atomic mass is 35.5. The second-order valence-corrected chi connectivity index (χ2v) is 3.68. The van der Waals surface area contributed by atoms with Crippen molar-refractivity contribution in [3.63, 3.8) is 0 Å². The van der Waals surface area contributed by atoms with Gasteiger partial charge in [-0.1, -0.05) is 17.7 Å². The van der Waals surface area contributed by atoms with Crippen LogP contribution in [-0.4, -0.2) is 31.3 Å². The fourth-order valence-electron chi connectivity index (χ4n) is 1.76. The maximum Gasteiger partial charge on any atom is 0.0792 e. The van der Waals surface area contributed by atoms with Gasteiger partial charge in [0.05, 0.1) is 23.0 Å². The standard InChI is InChI=1S/C10H13ClN2O/c11-8-2-1-3-9-10(8)13(6-7-14)5-4-12-9/h1-3,12,14H,4-7H2. The molecule has 1 aromatic rings. The van der Waals surface area contributed by atoms with Gasteiger partial charge in [0.1, 0.15) is 0 Å². The lowest BCUT2D eigenvalue weighted by Gasteiger charge is -2.32. The predicted octanol–water partition coefficient (Wildman–Crippen LogP) is 1.56. The van der Waals surface area contributed by atoms with Crippen molar-refractivity contribution in [3.8, 4) is 0 Å². The van der Waals surface area contributed by atoms with Gasteiger partial charge in [0.25, 0.3) is 0 Å².